The second-order valence-electron chi connectivity index (χ2n) is 5.46. The molecule has 2 aromatic rings. The third-order valence-corrected chi connectivity index (χ3v) is 3.89. The van der Waals surface area contributed by atoms with Crippen LogP contribution in [0.25, 0.3) is 0 Å². The Morgan fingerprint density at radius 2 is 2.27 bits per heavy atom. The molecule has 0 N–H and O–H groups in total. The third kappa shape index (κ3) is 2.89. The van der Waals surface area contributed by atoms with E-state index in [0.29, 0.717) is 12.4 Å². The van der Waals surface area contributed by atoms with Crippen molar-refractivity contribution in [1.82, 2.24) is 15.0 Å². The van der Waals surface area contributed by atoms with Crippen LogP contribution >= 0.6 is 0 Å². The summed E-state index contributed by atoms with van der Waals surface area (Å²) in [5, 5.41) is 8.80. The van der Waals surface area contributed by atoms with E-state index in [2.05, 4.69) is 15.0 Å². The van der Waals surface area contributed by atoms with Crippen molar-refractivity contribution in [3.63, 3.8) is 0 Å². The second kappa shape index (κ2) is 6.06. The minimum atomic E-state index is -0.446. The summed E-state index contributed by atoms with van der Waals surface area (Å²) in [6.07, 6.45) is 5.15. The monoisotopic (exact) mass is 297 g/mol. The van der Waals surface area contributed by atoms with Crippen molar-refractivity contribution in [3.8, 4) is 6.07 Å². The van der Waals surface area contributed by atoms with Gasteiger partial charge in [0.15, 0.2) is 11.6 Å². The molecular weight excluding hydrogens is 281 g/mol. The maximum atomic E-state index is 14.1. The molecule has 1 atom stereocenters. The van der Waals surface area contributed by atoms with Crippen LogP contribution in [0, 0.1) is 24.1 Å². The largest absolute Gasteiger partial charge is 0.354 e. The van der Waals surface area contributed by atoms with E-state index in [9.17, 15) is 4.39 Å². The lowest BCUT2D eigenvalue weighted by atomic mass is 9.94. The fraction of sp³-hybridized carbons (Fsp3) is 0.375. The predicted molar refractivity (Wildman–Crippen MR) is 79.9 cm³/mol. The van der Waals surface area contributed by atoms with Crippen LogP contribution < -0.4 is 4.90 Å². The van der Waals surface area contributed by atoms with Crippen LogP contribution in [0.3, 0.4) is 0 Å². The van der Waals surface area contributed by atoms with Crippen LogP contribution in [0.4, 0.5) is 10.2 Å². The number of anilines is 1. The van der Waals surface area contributed by atoms with Gasteiger partial charge in [0.1, 0.15) is 11.9 Å². The molecule has 3 rings (SSSR count). The highest BCUT2D eigenvalue weighted by Crippen LogP contribution is 2.29. The number of halogens is 1. The smallest absolute Gasteiger partial charge is 0.166 e. The van der Waals surface area contributed by atoms with Crippen LogP contribution in [0.15, 0.2) is 24.5 Å². The number of pyridine rings is 1. The van der Waals surface area contributed by atoms with Crippen molar-refractivity contribution in [2.75, 3.05) is 18.0 Å². The zero-order valence-corrected chi connectivity index (χ0v) is 12.3. The van der Waals surface area contributed by atoms with Crippen molar-refractivity contribution in [2.45, 2.75) is 25.7 Å². The Bertz CT molecular complexity index is 725. The lowest BCUT2D eigenvalue weighted by Gasteiger charge is -2.33. The summed E-state index contributed by atoms with van der Waals surface area (Å²) < 4.78 is 14.1. The number of nitrogens with zero attached hydrogens (tertiary/aromatic N) is 5. The Kier molecular flexibility index (Phi) is 3.96. The minimum Gasteiger partial charge on any atom is -0.354 e. The first-order valence-corrected chi connectivity index (χ1v) is 7.27. The molecule has 6 heteroatoms. The summed E-state index contributed by atoms with van der Waals surface area (Å²) in [4.78, 5) is 14.6. The molecule has 3 heterocycles. The summed E-state index contributed by atoms with van der Waals surface area (Å²) in [5.41, 5.74) is 1.23. The molecule has 0 bridgehead atoms. The Labute approximate surface area is 128 Å². The Balaban J connectivity index is 1.83. The van der Waals surface area contributed by atoms with Gasteiger partial charge in [-0.15, -0.1) is 0 Å². The quantitative estimate of drug-likeness (QED) is 0.852. The molecule has 1 unspecified atom stereocenters. The first-order chi connectivity index (χ1) is 10.7. The normalized spacial score (nSPS) is 18.0. The van der Waals surface area contributed by atoms with Gasteiger partial charge in [-0.1, -0.05) is 0 Å². The standard InChI is InChI=1S/C16H16FN5/c1-11-19-5-4-15(21-11)13-3-2-6-22(10-13)16-14(17)7-12(8-18)9-20-16/h4-5,7,9,13H,2-3,6,10H2,1H3. The summed E-state index contributed by atoms with van der Waals surface area (Å²) in [6, 6.07) is 5.06. The van der Waals surface area contributed by atoms with Crippen LogP contribution in [-0.2, 0) is 0 Å². The van der Waals surface area contributed by atoms with Gasteiger partial charge in [-0.25, -0.2) is 19.3 Å². The van der Waals surface area contributed by atoms with Crippen LogP contribution in [0.2, 0.25) is 0 Å². The molecule has 1 aliphatic heterocycles. The van der Waals surface area contributed by atoms with E-state index in [1.54, 1.807) is 6.20 Å². The van der Waals surface area contributed by atoms with E-state index in [1.165, 1.54) is 12.3 Å². The second-order valence-corrected chi connectivity index (χ2v) is 5.46. The molecule has 0 aromatic carbocycles. The fourth-order valence-corrected chi connectivity index (χ4v) is 2.84. The molecule has 0 aliphatic carbocycles. The fourth-order valence-electron chi connectivity index (χ4n) is 2.84. The van der Waals surface area contributed by atoms with Gasteiger partial charge in [0.05, 0.1) is 5.56 Å². The topological polar surface area (TPSA) is 65.7 Å². The molecule has 2 aromatic heterocycles. The van der Waals surface area contributed by atoms with Gasteiger partial charge in [0.2, 0.25) is 0 Å². The van der Waals surface area contributed by atoms with Gasteiger partial charge in [-0.2, -0.15) is 5.26 Å². The van der Waals surface area contributed by atoms with Crippen molar-refractivity contribution >= 4 is 5.82 Å². The number of hydrogen-bond donors (Lipinski definition) is 0. The molecule has 22 heavy (non-hydrogen) atoms. The highest BCUT2D eigenvalue weighted by molar-refractivity contribution is 5.44. The first-order valence-electron chi connectivity index (χ1n) is 7.27. The van der Waals surface area contributed by atoms with Gasteiger partial charge >= 0.3 is 0 Å². The molecule has 112 valence electrons. The Morgan fingerprint density at radius 1 is 1.41 bits per heavy atom. The number of hydrogen-bond acceptors (Lipinski definition) is 5. The number of aryl methyl sites for hydroxylation is 1. The molecule has 0 radical (unpaired) electrons. The van der Waals surface area contributed by atoms with Crippen molar-refractivity contribution in [3.05, 3.63) is 47.4 Å². The van der Waals surface area contributed by atoms with Crippen molar-refractivity contribution in [2.24, 2.45) is 0 Å². The van der Waals surface area contributed by atoms with Crippen LogP contribution in [0.1, 0.15) is 35.8 Å². The van der Waals surface area contributed by atoms with E-state index in [1.807, 2.05) is 24.0 Å². The summed E-state index contributed by atoms with van der Waals surface area (Å²) in [7, 11) is 0. The number of piperidine rings is 1. The van der Waals surface area contributed by atoms with Gasteiger partial charge in [-0.3, -0.25) is 0 Å². The van der Waals surface area contributed by atoms with E-state index < -0.39 is 5.82 Å². The number of rotatable bonds is 2. The minimum absolute atomic E-state index is 0.237. The van der Waals surface area contributed by atoms with E-state index in [-0.39, 0.29) is 11.5 Å². The predicted octanol–water partition coefficient (Wildman–Crippen LogP) is 2.57. The molecule has 0 saturated carbocycles. The van der Waals surface area contributed by atoms with E-state index in [4.69, 9.17) is 5.26 Å². The van der Waals surface area contributed by atoms with Crippen molar-refractivity contribution < 1.29 is 4.39 Å². The Morgan fingerprint density at radius 3 is 3.00 bits per heavy atom. The Hall–Kier alpha value is -2.55. The van der Waals surface area contributed by atoms with Crippen LogP contribution in [-0.4, -0.2) is 28.0 Å². The molecule has 0 spiro atoms. The molecule has 0 amide bonds. The van der Waals surface area contributed by atoms with E-state index >= 15 is 0 Å². The molecule has 5 nitrogen and oxygen atoms in total. The number of aromatic nitrogens is 3. The summed E-state index contributed by atoms with van der Waals surface area (Å²) >= 11 is 0. The number of nitriles is 1. The maximum Gasteiger partial charge on any atom is 0.166 e. The third-order valence-electron chi connectivity index (χ3n) is 3.89. The zero-order valence-electron chi connectivity index (χ0n) is 12.3. The average Bonchev–Trinajstić information content (AvgIpc) is 2.55. The highest BCUT2D eigenvalue weighted by Gasteiger charge is 2.25. The lowest BCUT2D eigenvalue weighted by molar-refractivity contribution is 0.488. The molecule has 1 saturated heterocycles. The molecule has 1 aliphatic rings. The summed E-state index contributed by atoms with van der Waals surface area (Å²) in [5.74, 6) is 0.859. The van der Waals surface area contributed by atoms with Crippen molar-refractivity contribution in [1.29, 1.82) is 5.26 Å². The lowest BCUT2D eigenvalue weighted by Crippen LogP contribution is -2.36. The van der Waals surface area contributed by atoms with Gasteiger partial charge in [0.25, 0.3) is 0 Å². The highest BCUT2D eigenvalue weighted by atomic mass is 19.1. The van der Waals surface area contributed by atoms with Gasteiger partial charge in [-0.05, 0) is 31.9 Å². The summed E-state index contributed by atoms with van der Waals surface area (Å²) in [6.45, 7) is 3.30. The SMILES string of the molecule is Cc1nccc(C2CCCN(c3ncc(C#N)cc3F)C2)n1. The first kappa shape index (κ1) is 14.4. The average molecular weight is 297 g/mol. The van der Waals surface area contributed by atoms with Gasteiger partial charge in [0, 0.05) is 37.1 Å². The van der Waals surface area contributed by atoms with E-state index in [0.717, 1.165) is 30.9 Å². The maximum absolute atomic E-state index is 14.1. The van der Waals surface area contributed by atoms with Gasteiger partial charge < -0.3 is 4.90 Å². The molecule has 1 fully saturated rings. The zero-order chi connectivity index (χ0) is 15.5. The van der Waals surface area contributed by atoms with Crippen LogP contribution in [0.5, 0.6) is 0 Å². The molecular formula is C16H16FN5.